The molecule has 0 aliphatic carbocycles. The van der Waals surface area contributed by atoms with Gasteiger partial charge in [0.25, 0.3) is 0 Å². The van der Waals surface area contributed by atoms with Gasteiger partial charge < -0.3 is 10.4 Å². The quantitative estimate of drug-likeness (QED) is 0.735. The van der Waals surface area contributed by atoms with E-state index in [1.807, 2.05) is 7.05 Å². The van der Waals surface area contributed by atoms with Crippen LogP contribution >= 0.6 is 0 Å². The highest BCUT2D eigenvalue weighted by Crippen LogP contribution is 2.22. The molecule has 1 rings (SSSR count). The number of aliphatic hydroxyl groups is 1. The van der Waals surface area contributed by atoms with Crippen LogP contribution in [0.15, 0.2) is 0 Å². The predicted molar refractivity (Wildman–Crippen MR) is 64.0 cm³/mol. The van der Waals surface area contributed by atoms with Crippen LogP contribution in [0.4, 0.5) is 0 Å². The Kier molecular flexibility index (Phi) is 4.56. The maximum atomic E-state index is 9.38. The van der Waals surface area contributed by atoms with Crippen molar-refractivity contribution in [2.45, 2.75) is 45.2 Å². The number of rotatable bonds is 4. The number of likely N-dealkylation sites (N-methyl/N-ethyl adjacent to an activating group) is 1. The minimum atomic E-state index is -0.161. The van der Waals surface area contributed by atoms with Gasteiger partial charge in [-0.3, -0.25) is 4.90 Å². The summed E-state index contributed by atoms with van der Waals surface area (Å²) in [7, 11) is 1.92. The lowest BCUT2D eigenvalue weighted by Gasteiger charge is -2.42. The molecule has 1 heterocycles. The van der Waals surface area contributed by atoms with E-state index in [1.165, 1.54) is 19.4 Å². The van der Waals surface area contributed by atoms with E-state index in [4.69, 9.17) is 0 Å². The maximum Gasteiger partial charge on any atom is 0.0623 e. The summed E-state index contributed by atoms with van der Waals surface area (Å²) < 4.78 is 0. The Morgan fingerprint density at radius 3 is 2.60 bits per heavy atom. The van der Waals surface area contributed by atoms with Crippen LogP contribution < -0.4 is 5.32 Å². The first-order valence-electron chi connectivity index (χ1n) is 6.04. The molecule has 2 N–H and O–H groups in total. The molecule has 0 spiro atoms. The van der Waals surface area contributed by atoms with Crippen molar-refractivity contribution >= 4 is 0 Å². The smallest absolute Gasteiger partial charge is 0.0623 e. The molecule has 3 nitrogen and oxygen atoms in total. The summed E-state index contributed by atoms with van der Waals surface area (Å²) in [5, 5.41) is 12.6. The van der Waals surface area contributed by atoms with Gasteiger partial charge in [0.05, 0.1) is 12.1 Å². The third kappa shape index (κ3) is 3.44. The van der Waals surface area contributed by atoms with Crippen LogP contribution in [0.3, 0.4) is 0 Å². The Balaban J connectivity index is 2.54. The lowest BCUT2D eigenvalue weighted by Crippen LogP contribution is -2.56. The van der Waals surface area contributed by atoms with Gasteiger partial charge in [0.2, 0.25) is 0 Å². The summed E-state index contributed by atoms with van der Waals surface area (Å²) in [4.78, 5) is 2.50. The van der Waals surface area contributed by atoms with Crippen molar-refractivity contribution in [3.8, 4) is 0 Å². The average molecular weight is 214 g/mol. The zero-order chi connectivity index (χ0) is 11.5. The molecule has 3 heteroatoms. The van der Waals surface area contributed by atoms with Gasteiger partial charge in [0.15, 0.2) is 0 Å². The molecule has 1 aliphatic rings. The van der Waals surface area contributed by atoms with Crippen molar-refractivity contribution in [1.29, 1.82) is 0 Å². The molecule has 0 bridgehead atoms. The molecule has 0 amide bonds. The summed E-state index contributed by atoms with van der Waals surface area (Å²) in [6.45, 7) is 8.98. The van der Waals surface area contributed by atoms with Gasteiger partial charge in [-0.2, -0.15) is 0 Å². The van der Waals surface area contributed by atoms with Gasteiger partial charge in [0, 0.05) is 19.1 Å². The average Bonchev–Trinajstić information content (AvgIpc) is 2.23. The summed E-state index contributed by atoms with van der Waals surface area (Å²) in [6.07, 6.45) is 2.62. The number of nitrogens with zero attached hydrogens (tertiary/aromatic N) is 1. The Morgan fingerprint density at radius 1 is 1.40 bits per heavy atom. The minimum absolute atomic E-state index is 0.161. The lowest BCUT2D eigenvalue weighted by atomic mass is 9.92. The molecule has 0 saturated carbocycles. The van der Waals surface area contributed by atoms with Gasteiger partial charge in [-0.25, -0.2) is 0 Å². The molecule has 1 saturated heterocycles. The van der Waals surface area contributed by atoms with Crippen LogP contribution in [-0.2, 0) is 0 Å². The third-order valence-corrected chi connectivity index (χ3v) is 3.75. The maximum absolute atomic E-state index is 9.38. The van der Waals surface area contributed by atoms with Crippen molar-refractivity contribution in [3.63, 3.8) is 0 Å². The molecule has 3 unspecified atom stereocenters. The SMILES string of the molecule is CNC(C)(CO)CN1CC(C)CCC1C. The van der Waals surface area contributed by atoms with Crippen molar-refractivity contribution in [2.75, 3.05) is 26.7 Å². The van der Waals surface area contributed by atoms with Gasteiger partial charge in [-0.15, -0.1) is 0 Å². The Labute approximate surface area is 93.9 Å². The number of hydrogen-bond acceptors (Lipinski definition) is 3. The molecule has 0 aromatic rings. The molecule has 15 heavy (non-hydrogen) atoms. The van der Waals surface area contributed by atoms with Crippen molar-refractivity contribution < 1.29 is 5.11 Å². The number of likely N-dealkylation sites (tertiary alicyclic amines) is 1. The standard InChI is InChI=1S/C12H26N2O/c1-10-5-6-11(2)14(7-10)8-12(3,9-15)13-4/h10-11,13,15H,5-9H2,1-4H3. The molecular formula is C12H26N2O. The van der Waals surface area contributed by atoms with Gasteiger partial charge in [0.1, 0.15) is 0 Å². The first-order chi connectivity index (χ1) is 7.00. The van der Waals surface area contributed by atoms with E-state index >= 15 is 0 Å². The van der Waals surface area contributed by atoms with Gasteiger partial charge in [-0.05, 0) is 39.7 Å². The van der Waals surface area contributed by atoms with E-state index in [2.05, 4.69) is 31.0 Å². The molecule has 3 atom stereocenters. The lowest BCUT2D eigenvalue weighted by molar-refractivity contribution is 0.0666. The highest BCUT2D eigenvalue weighted by Gasteiger charge is 2.30. The largest absolute Gasteiger partial charge is 0.394 e. The Hall–Kier alpha value is -0.120. The van der Waals surface area contributed by atoms with Crippen LogP contribution in [-0.4, -0.2) is 48.3 Å². The fourth-order valence-electron chi connectivity index (χ4n) is 2.26. The van der Waals surface area contributed by atoms with E-state index in [0.717, 1.165) is 12.5 Å². The predicted octanol–water partition coefficient (Wildman–Crippen LogP) is 1.08. The highest BCUT2D eigenvalue weighted by atomic mass is 16.3. The van der Waals surface area contributed by atoms with Gasteiger partial charge in [-0.1, -0.05) is 6.92 Å². The van der Waals surface area contributed by atoms with E-state index in [9.17, 15) is 5.11 Å². The number of piperidine rings is 1. The first kappa shape index (κ1) is 12.9. The van der Waals surface area contributed by atoms with Crippen LogP contribution in [0.5, 0.6) is 0 Å². The normalized spacial score (nSPS) is 32.6. The zero-order valence-electron chi connectivity index (χ0n) is 10.6. The highest BCUT2D eigenvalue weighted by molar-refractivity contribution is 4.88. The zero-order valence-corrected chi connectivity index (χ0v) is 10.6. The Bertz CT molecular complexity index is 192. The topological polar surface area (TPSA) is 35.5 Å². The van der Waals surface area contributed by atoms with Crippen LogP contribution in [0.2, 0.25) is 0 Å². The first-order valence-corrected chi connectivity index (χ1v) is 6.04. The van der Waals surface area contributed by atoms with E-state index in [0.29, 0.717) is 6.04 Å². The van der Waals surface area contributed by atoms with Crippen LogP contribution in [0.1, 0.15) is 33.6 Å². The summed E-state index contributed by atoms with van der Waals surface area (Å²) in [6, 6.07) is 0.653. The molecule has 1 aliphatic heterocycles. The number of hydrogen-bond donors (Lipinski definition) is 2. The molecule has 0 aromatic heterocycles. The third-order valence-electron chi connectivity index (χ3n) is 3.75. The van der Waals surface area contributed by atoms with E-state index in [1.54, 1.807) is 0 Å². The summed E-state index contributed by atoms with van der Waals surface area (Å²) in [5.41, 5.74) is -0.161. The second kappa shape index (κ2) is 5.28. The minimum Gasteiger partial charge on any atom is -0.394 e. The molecule has 0 aromatic carbocycles. The second-order valence-corrected chi connectivity index (χ2v) is 5.43. The van der Waals surface area contributed by atoms with Gasteiger partial charge >= 0.3 is 0 Å². The molecule has 0 radical (unpaired) electrons. The second-order valence-electron chi connectivity index (χ2n) is 5.43. The monoisotopic (exact) mass is 214 g/mol. The molecular weight excluding hydrogens is 188 g/mol. The van der Waals surface area contributed by atoms with Crippen molar-refractivity contribution in [1.82, 2.24) is 10.2 Å². The molecule has 90 valence electrons. The number of nitrogens with one attached hydrogen (secondary N) is 1. The summed E-state index contributed by atoms with van der Waals surface area (Å²) in [5.74, 6) is 0.793. The van der Waals surface area contributed by atoms with E-state index in [-0.39, 0.29) is 12.1 Å². The molecule has 1 fully saturated rings. The van der Waals surface area contributed by atoms with Crippen LogP contribution in [0.25, 0.3) is 0 Å². The summed E-state index contributed by atoms with van der Waals surface area (Å²) >= 11 is 0. The van der Waals surface area contributed by atoms with Crippen molar-refractivity contribution in [2.24, 2.45) is 5.92 Å². The van der Waals surface area contributed by atoms with Crippen LogP contribution in [0, 0.1) is 5.92 Å². The van der Waals surface area contributed by atoms with E-state index < -0.39 is 0 Å². The fraction of sp³-hybridized carbons (Fsp3) is 1.00. The fourth-order valence-corrected chi connectivity index (χ4v) is 2.26. The van der Waals surface area contributed by atoms with Crippen molar-refractivity contribution in [3.05, 3.63) is 0 Å². The Morgan fingerprint density at radius 2 is 2.07 bits per heavy atom. The number of aliphatic hydroxyl groups excluding tert-OH is 1.